The first-order valence-corrected chi connectivity index (χ1v) is 7.82. The Hall–Kier alpha value is -0.580. The van der Waals surface area contributed by atoms with Gasteiger partial charge in [0.2, 0.25) is 0 Å². The van der Waals surface area contributed by atoms with E-state index in [2.05, 4.69) is 57.9 Å². The van der Waals surface area contributed by atoms with Gasteiger partial charge in [-0.05, 0) is 63.7 Å². The van der Waals surface area contributed by atoms with Crippen LogP contribution in [-0.2, 0) is 0 Å². The second-order valence-corrected chi connectivity index (χ2v) is 6.39. The maximum absolute atomic E-state index is 5.81. The number of rotatable bonds is 3. The number of benzene rings is 1. The van der Waals surface area contributed by atoms with Crippen molar-refractivity contribution in [2.75, 3.05) is 38.1 Å². The normalized spacial score (nSPS) is 21.5. The summed E-state index contributed by atoms with van der Waals surface area (Å²) in [4.78, 5) is 4.98. The van der Waals surface area contributed by atoms with Crippen LogP contribution in [0.5, 0.6) is 0 Å². The number of aryl methyl sites for hydroxylation is 1. The molecule has 2 N–H and O–H groups in total. The molecule has 0 saturated carbocycles. The smallest absolute Gasteiger partial charge is 0.0429 e. The Labute approximate surface area is 124 Å². The van der Waals surface area contributed by atoms with Gasteiger partial charge >= 0.3 is 0 Å². The van der Waals surface area contributed by atoms with E-state index in [0.717, 1.165) is 30.5 Å². The van der Waals surface area contributed by atoms with Crippen molar-refractivity contribution in [2.45, 2.75) is 25.8 Å². The van der Waals surface area contributed by atoms with Crippen LogP contribution in [0.15, 0.2) is 22.7 Å². The zero-order chi connectivity index (χ0) is 13.8. The number of halogens is 1. The Morgan fingerprint density at radius 2 is 2.16 bits per heavy atom. The topological polar surface area (TPSA) is 32.5 Å². The van der Waals surface area contributed by atoms with Crippen LogP contribution in [0.25, 0.3) is 0 Å². The van der Waals surface area contributed by atoms with Crippen LogP contribution in [0.1, 0.15) is 18.4 Å². The molecular weight excluding hydrogens is 302 g/mol. The van der Waals surface area contributed by atoms with Crippen molar-refractivity contribution in [3.05, 3.63) is 28.2 Å². The lowest BCUT2D eigenvalue weighted by molar-refractivity contribution is 0.326. The van der Waals surface area contributed by atoms with E-state index >= 15 is 0 Å². The van der Waals surface area contributed by atoms with Crippen molar-refractivity contribution in [3.63, 3.8) is 0 Å². The van der Waals surface area contributed by atoms with Gasteiger partial charge in [-0.2, -0.15) is 0 Å². The molecule has 1 aliphatic rings. The minimum Gasteiger partial charge on any atom is -0.367 e. The number of hydrogen-bond donors (Lipinski definition) is 1. The molecule has 3 nitrogen and oxygen atoms in total. The van der Waals surface area contributed by atoms with Crippen molar-refractivity contribution in [1.29, 1.82) is 0 Å². The fraction of sp³-hybridized carbons (Fsp3) is 0.600. The Bertz CT molecular complexity index is 422. The molecule has 1 fully saturated rings. The second-order valence-electron chi connectivity index (χ2n) is 5.47. The largest absolute Gasteiger partial charge is 0.367 e. The highest BCUT2D eigenvalue weighted by molar-refractivity contribution is 9.10. The van der Waals surface area contributed by atoms with Crippen LogP contribution >= 0.6 is 15.9 Å². The van der Waals surface area contributed by atoms with Crippen LogP contribution < -0.4 is 10.6 Å². The summed E-state index contributed by atoms with van der Waals surface area (Å²) in [6.45, 7) is 6.34. The fourth-order valence-corrected chi connectivity index (χ4v) is 3.42. The molecule has 0 radical (unpaired) electrons. The summed E-state index contributed by atoms with van der Waals surface area (Å²) in [6.07, 6.45) is 2.27. The minimum atomic E-state index is 0.525. The molecule has 1 aromatic carbocycles. The van der Waals surface area contributed by atoms with Gasteiger partial charge in [0.1, 0.15) is 0 Å². The standard InChI is InChI=1S/C15H24BrN3/c1-12-10-13(16)4-5-15(12)19-9-3-8-18(2)11-14(19)6-7-17/h4-5,10,14H,3,6-9,11,17H2,1-2H3. The number of nitrogens with zero attached hydrogens (tertiary/aromatic N) is 2. The van der Waals surface area contributed by atoms with E-state index in [0.29, 0.717) is 6.04 Å². The first kappa shape index (κ1) is 14.8. The third-order valence-electron chi connectivity index (χ3n) is 3.87. The summed E-state index contributed by atoms with van der Waals surface area (Å²) in [6, 6.07) is 7.09. The Balaban J connectivity index is 2.27. The summed E-state index contributed by atoms with van der Waals surface area (Å²) >= 11 is 3.54. The van der Waals surface area contributed by atoms with E-state index in [1.165, 1.54) is 24.2 Å². The Morgan fingerprint density at radius 3 is 2.84 bits per heavy atom. The molecule has 1 heterocycles. The molecule has 1 unspecified atom stereocenters. The maximum Gasteiger partial charge on any atom is 0.0429 e. The second kappa shape index (κ2) is 6.73. The molecule has 2 rings (SSSR count). The molecule has 1 aliphatic heterocycles. The molecule has 0 aliphatic carbocycles. The highest BCUT2D eigenvalue weighted by atomic mass is 79.9. The lowest BCUT2D eigenvalue weighted by Gasteiger charge is -2.34. The quantitative estimate of drug-likeness (QED) is 0.927. The summed E-state index contributed by atoms with van der Waals surface area (Å²) < 4.78 is 1.15. The molecule has 4 heteroatoms. The Morgan fingerprint density at radius 1 is 1.37 bits per heavy atom. The van der Waals surface area contributed by atoms with E-state index in [4.69, 9.17) is 5.73 Å². The first-order chi connectivity index (χ1) is 9.11. The van der Waals surface area contributed by atoms with Gasteiger partial charge in [0.15, 0.2) is 0 Å². The van der Waals surface area contributed by atoms with Gasteiger partial charge in [0, 0.05) is 29.3 Å². The lowest BCUT2D eigenvalue weighted by atomic mass is 10.1. The van der Waals surface area contributed by atoms with Gasteiger partial charge in [-0.1, -0.05) is 15.9 Å². The zero-order valence-electron chi connectivity index (χ0n) is 11.9. The number of nitrogens with two attached hydrogens (primary N) is 1. The highest BCUT2D eigenvalue weighted by Gasteiger charge is 2.23. The van der Waals surface area contributed by atoms with Gasteiger partial charge in [0.05, 0.1) is 0 Å². The van der Waals surface area contributed by atoms with Crippen molar-refractivity contribution >= 4 is 21.6 Å². The summed E-state index contributed by atoms with van der Waals surface area (Å²) in [5.41, 5.74) is 8.50. The SMILES string of the molecule is Cc1cc(Br)ccc1N1CCCN(C)CC1CCN. The van der Waals surface area contributed by atoms with E-state index in [-0.39, 0.29) is 0 Å². The van der Waals surface area contributed by atoms with Crippen molar-refractivity contribution in [3.8, 4) is 0 Å². The number of anilines is 1. The molecule has 1 aromatic rings. The van der Waals surface area contributed by atoms with Gasteiger partial charge in [-0.3, -0.25) is 0 Å². The molecule has 0 amide bonds. The highest BCUT2D eigenvalue weighted by Crippen LogP contribution is 2.27. The van der Waals surface area contributed by atoms with Gasteiger partial charge < -0.3 is 15.5 Å². The molecule has 0 aromatic heterocycles. The lowest BCUT2D eigenvalue weighted by Crippen LogP contribution is -2.42. The number of hydrogen-bond acceptors (Lipinski definition) is 3. The predicted molar refractivity (Wildman–Crippen MR) is 85.8 cm³/mol. The van der Waals surface area contributed by atoms with Gasteiger partial charge in [0.25, 0.3) is 0 Å². The molecule has 1 saturated heterocycles. The third-order valence-corrected chi connectivity index (χ3v) is 4.36. The van der Waals surface area contributed by atoms with Crippen molar-refractivity contribution in [2.24, 2.45) is 5.73 Å². The molecule has 0 bridgehead atoms. The predicted octanol–water partition coefficient (Wildman–Crippen LogP) is 2.62. The van der Waals surface area contributed by atoms with Crippen molar-refractivity contribution < 1.29 is 0 Å². The van der Waals surface area contributed by atoms with E-state index in [9.17, 15) is 0 Å². The molecule has 0 spiro atoms. The molecule has 106 valence electrons. The van der Waals surface area contributed by atoms with Crippen LogP contribution in [0.4, 0.5) is 5.69 Å². The van der Waals surface area contributed by atoms with Crippen molar-refractivity contribution in [1.82, 2.24) is 4.90 Å². The average molecular weight is 326 g/mol. The number of likely N-dealkylation sites (N-methyl/N-ethyl adjacent to an activating group) is 1. The van der Waals surface area contributed by atoms with Crippen LogP contribution in [-0.4, -0.2) is 44.2 Å². The van der Waals surface area contributed by atoms with Gasteiger partial charge in [-0.25, -0.2) is 0 Å². The van der Waals surface area contributed by atoms with Crippen LogP contribution in [0.3, 0.4) is 0 Å². The first-order valence-electron chi connectivity index (χ1n) is 7.03. The van der Waals surface area contributed by atoms with Crippen LogP contribution in [0.2, 0.25) is 0 Å². The third kappa shape index (κ3) is 3.71. The maximum atomic E-state index is 5.81. The summed E-state index contributed by atoms with van der Waals surface area (Å²) in [5, 5.41) is 0. The molecular formula is C15H24BrN3. The minimum absolute atomic E-state index is 0.525. The average Bonchev–Trinajstić information content (AvgIpc) is 2.52. The Kier molecular flexibility index (Phi) is 5.25. The monoisotopic (exact) mass is 325 g/mol. The van der Waals surface area contributed by atoms with E-state index in [1.807, 2.05) is 0 Å². The molecule has 19 heavy (non-hydrogen) atoms. The van der Waals surface area contributed by atoms with E-state index in [1.54, 1.807) is 0 Å². The zero-order valence-corrected chi connectivity index (χ0v) is 13.5. The summed E-state index contributed by atoms with van der Waals surface area (Å²) in [7, 11) is 2.21. The van der Waals surface area contributed by atoms with Crippen LogP contribution in [0, 0.1) is 6.92 Å². The fourth-order valence-electron chi connectivity index (χ4n) is 2.94. The molecule has 1 atom stereocenters. The van der Waals surface area contributed by atoms with Gasteiger partial charge in [-0.15, -0.1) is 0 Å². The summed E-state index contributed by atoms with van der Waals surface area (Å²) in [5.74, 6) is 0. The van der Waals surface area contributed by atoms with E-state index < -0.39 is 0 Å².